The van der Waals surface area contributed by atoms with Crippen LogP contribution in [-0.4, -0.2) is 20.0 Å². The van der Waals surface area contributed by atoms with Gasteiger partial charge in [-0.25, -0.2) is 4.39 Å². The van der Waals surface area contributed by atoms with Crippen LogP contribution < -0.4 is 5.32 Å². The minimum absolute atomic E-state index is 0.241. The lowest BCUT2D eigenvalue weighted by molar-refractivity contribution is 0.583. The molecule has 1 atom stereocenters. The fourth-order valence-electron chi connectivity index (χ4n) is 2.74. The highest BCUT2D eigenvalue weighted by atomic mass is 32.1. The zero-order valence-electron chi connectivity index (χ0n) is 13.6. The second-order valence-corrected chi connectivity index (χ2v) is 6.81. The van der Waals surface area contributed by atoms with Gasteiger partial charge in [-0.15, -0.1) is 16.4 Å². The molecule has 0 aliphatic carbocycles. The summed E-state index contributed by atoms with van der Waals surface area (Å²) < 4.78 is 14.8. The van der Waals surface area contributed by atoms with Crippen molar-refractivity contribution >= 4 is 17.0 Å². The number of aromatic nitrogens is 4. The van der Waals surface area contributed by atoms with Crippen molar-refractivity contribution in [2.24, 2.45) is 0 Å². The lowest BCUT2D eigenvalue weighted by Gasteiger charge is -2.13. The first-order valence-corrected chi connectivity index (χ1v) is 8.82. The summed E-state index contributed by atoms with van der Waals surface area (Å²) >= 11 is 1.73. The number of hydrogen-bond donors (Lipinski definition) is 1. The Balaban J connectivity index is 1.65. The highest BCUT2D eigenvalue weighted by Crippen LogP contribution is 2.24. The standard InChI is InChI=1S/C18H16FN5S/c1-12(17-3-2-8-25-17)20-10-14-9-15(11-24-18(14)21-22-23-24)13-4-6-16(19)7-5-13/h2-9,11-12,20H,10H2,1H3/t12-/m1/s1. The molecule has 3 aromatic heterocycles. The lowest BCUT2D eigenvalue weighted by atomic mass is 10.1. The molecular formula is C18H16FN5S. The number of hydrogen-bond acceptors (Lipinski definition) is 5. The highest BCUT2D eigenvalue weighted by molar-refractivity contribution is 7.10. The van der Waals surface area contributed by atoms with Crippen molar-refractivity contribution in [1.82, 2.24) is 25.4 Å². The predicted molar refractivity (Wildman–Crippen MR) is 95.7 cm³/mol. The molecule has 25 heavy (non-hydrogen) atoms. The van der Waals surface area contributed by atoms with Crippen LogP contribution >= 0.6 is 11.3 Å². The van der Waals surface area contributed by atoms with Crippen molar-refractivity contribution < 1.29 is 4.39 Å². The van der Waals surface area contributed by atoms with Crippen molar-refractivity contribution in [1.29, 1.82) is 0 Å². The number of rotatable bonds is 5. The Bertz CT molecular complexity index is 979. The van der Waals surface area contributed by atoms with Crippen molar-refractivity contribution in [2.45, 2.75) is 19.5 Å². The number of nitrogens with zero attached hydrogens (tertiary/aromatic N) is 4. The first-order chi connectivity index (χ1) is 12.2. The maximum Gasteiger partial charge on any atom is 0.183 e. The first kappa shape index (κ1) is 15.9. The van der Waals surface area contributed by atoms with E-state index in [1.165, 1.54) is 17.0 Å². The average Bonchev–Trinajstić information content (AvgIpc) is 3.31. The highest BCUT2D eigenvalue weighted by Gasteiger charge is 2.12. The number of nitrogens with one attached hydrogen (secondary N) is 1. The molecule has 1 N–H and O–H groups in total. The molecule has 0 aliphatic heterocycles. The summed E-state index contributed by atoms with van der Waals surface area (Å²) in [4.78, 5) is 1.28. The van der Waals surface area contributed by atoms with Crippen molar-refractivity contribution in [3.8, 4) is 11.1 Å². The Morgan fingerprint density at radius 2 is 2.04 bits per heavy atom. The van der Waals surface area contributed by atoms with Gasteiger partial charge in [-0.05, 0) is 52.6 Å². The Kier molecular flexibility index (Phi) is 4.25. The molecule has 1 aromatic carbocycles. The number of thiophene rings is 1. The average molecular weight is 353 g/mol. The van der Waals surface area contributed by atoms with Crippen molar-refractivity contribution in [3.63, 3.8) is 0 Å². The van der Waals surface area contributed by atoms with Crippen LogP contribution in [0.5, 0.6) is 0 Å². The molecule has 0 aliphatic rings. The van der Waals surface area contributed by atoms with E-state index in [0.29, 0.717) is 6.54 Å². The molecule has 4 aromatic rings. The molecule has 0 saturated heterocycles. The number of pyridine rings is 1. The van der Waals surface area contributed by atoms with Gasteiger partial charge in [-0.3, -0.25) is 0 Å². The number of halogens is 1. The summed E-state index contributed by atoms with van der Waals surface area (Å²) in [6, 6.07) is 12.9. The van der Waals surface area contributed by atoms with Crippen LogP contribution in [0, 0.1) is 5.82 Å². The number of tetrazole rings is 1. The number of benzene rings is 1. The summed E-state index contributed by atoms with van der Waals surface area (Å²) in [6.45, 7) is 2.77. The van der Waals surface area contributed by atoms with E-state index in [0.717, 1.165) is 22.3 Å². The molecule has 7 heteroatoms. The largest absolute Gasteiger partial charge is 0.305 e. The minimum atomic E-state index is -0.251. The molecule has 0 spiro atoms. The van der Waals surface area contributed by atoms with E-state index in [1.54, 1.807) is 28.0 Å². The van der Waals surface area contributed by atoms with Crippen LogP contribution in [-0.2, 0) is 6.54 Å². The quantitative estimate of drug-likeness (QED) is 0.592. The predicted octanol–water partition coefficient (Wildman–Crippen LogP) is 3.84. The third-order valence-electron chi connectivity index (χ3n) is 4.12. The molecule has 0 unspecified atom stereocenters. The Morgan fingerprint density at radius 3 is 2.80 bits per heavy atom. The van der Waals surface area contributed by atoms with Crippen LogP contribution in [0.15, 0.2) is 54.0 Å². The van der Waals surface area contributed by atoms with Gasteiger partial charge in [0.1, 0.15) is 5.82 Å². The van der Waals surface area contributed by atoms with Crippen molar-refractivity contribution in [3.05, 3.63) is 70.3 Å². The van der Waals surface area contributed by atoms with Crippen LogP contribution in [0.25, 0.3) is 16.8 Å². The topological polar surface area (TPSA) is 55.1 Å². The zero-order chi connectivity index (χ0) is 17.2. The third kappa shape index (κ3) is 3.29. The maximum atomic E-state index is 13.2. The van der Waals surface area contributed by atoms with Crippen LogP contribution in [0.3, 0.4) is 0 Å². The summed E-state index contributed by atoms with van der Waals surface area (Å²) in [5.74, 6) is -0.251. The van der Waals surface area contributed by atoms with Gasteiger partial charge >= 0.3 is 0 Å². The van der Waals surface area contributed by atoms with Crippen molar-refractivity contribution in [2.75, 3.05) is 0 Å². The maximum absolute atomic E-state index is 13.2. The molecular weight excluding hydrogens is 337 g/mol. The molecule has 4 rings (SSSR count). The van der Waals surface area contributed by atoms with E-state index >= 15 is 0 Å². The summed E-state index contributed by atoms with van der Waals surface area (Å²) in [5.41, 5.74) is 3.58. The Morgan fingerprint density at radius 1 is 1.20 bits per heavy atom. The molecule has 3 heterocycles. The van der Waals surface area contributed by atoms with Gasteiger partial charge in [0.15, 0.2) is 5.65 Å². The van der Waals surface area contributed by atoms with Gasteiger partial charge < -0.3 is 5.32 Å². The van der Waals surface area contributed by atoms with E-state index in [2.05, 4.69) is 39.2 Å². The van der Waals surface area contributed by atoms with Gasteiger partial charge in [0.05, 0.1) is 0 Å². The normalized spacial score (nSPS) is 12.6. The Hall–Kier alpha value is -2.64. The van der Waals surface area contributed by atoms with E-state index in [-0.39, 0.29) is 11.9 Å². The molecule has 0 fully saturated rings. The molecule has 126 valence electrons. The van der Waals surface area contributed by atoms with Gasteiger partial charge in [-0.1, -0.05) is 18.2 Å². The fourth-order valence-corrected chi connectivity index (χ4v) is 3.50. The second kappa shape index (κ2) is 6.70. The van der Waals surface area contributed by atoms with E-state index in [4.69, 9.17) is 0 Å². The molecule has 0 bridgehead atoms. The Labute approximate surface area is 148 Å². The monoisotopic (exact) mass is 353 g/mol. The molecule has 5 nitrogen and oxygen atoms in total. The third-order valence-corrected chi connectivity index (χ3v) is 5.17. The smallest absolute Gasteiger partial charge is 0.183 e. The van der Waals surface area contributed by atoms with Gasteiger partial charge in [0, 0.05) is 34.8 Å². The molecule has 0 amide bonds. The van der Waals surface area contributed by atoms with Gasteiger partial charge in [0.25, 0.3) is 0 Å². The number of fused-ring (bicyclic) bond motifs is 1. The van der Waals surface area contributed by atoms with Gasteiger partial charge in [-0.2, -0.15) is 4.52 Å². The van der Waals surface area contributed by atoms with Gasteiger partial charge in [0.2, 0.25) is 0 Å². The SMILES string of the molecule is C[C@@H](NCc1cc(-c2ccc(F)cc2)cn2nnnc12)c1cccs1. The van der Waals surface area contributed by atoms with Crippen LogP contribution in [0.4, 0.5) is 4.39 Å². The fraction of sp³-hybridized carbons (Fsp3) is 0.167. The van der Waals surface area contributed by atoms with Crippen LogP contribution in [0.1, 0.15) is 23.4 Å². The summed E-state index contributed by atoms with van der Waals surface area (Å²) in [5, 5.41) is 17.5. The van der Waals surface area contributed by atoms with E-state index in [9.17, 15) is 4.39 Å². The van der Waals surface area contributed by atoms with Crippen LogP contribution in [0.2, 0.25) is 0 Å². The first-order valence-electron chi connectivity index (χ1n) is 7.94. The summed E-state index contributed by atoms with van der Waals surface area (Å²) in [6.07, 6.45) is 1.86. The second-order valence-electron chi connectivity index (χ2n) is 5.83. The lowest BCUT2D eigenvalue weighted by Crippen LogP contribution is -2.18. The van der Waals surface area contributed by atoms with E-state index < -0.39 is 0 Å². The molecule has 0 radical (unpaired) electrons. The molecule has 0 saturated carbocycles. The van der Waals surface area contributed by atoms with E-state index in [1.807, 2.05) is 18.3 Å². The minimum Gasteiger partial charge on any atom is -0.305 e. The summed E-state index contributed by atoms with van der Waals surface area (Å²) in [7, 11) is 0. The zero-order valence-corrected chi connectivity index (χ0v) is 14.4.